The summed E-state index contributed by atoms with van der Waals surface area (Å²) in [7, 11) is 0. The van der Waals surface area contributed by atoms with E-state index in [1.807, 2.05) is 31.2 Å². The van der Waals surface area contributed by atoms with E-state index in [1.165, 1.54) is 11.1 Å². The summed E-state index contributed by atoms with van der Waals surface area (Å²) >= 11 is 0. The second-order valence-corrected chi connectivity index (χ2v) is 8.00. The Balaban J connectivity index is 1.23. The molecule has 1 fully saturated rings. The van der Waals surface area contributed by atoms with Gasteiger partial charge < -0.3 is 15.0 Å². The molecule has 0 atom stereocenters. The summed E-state index contributed by atoms with van der Waals surface area (Å²) in [6.45, 7) is 5.83. The first kappa shape index (κ1) is 19.5. The predicted octanol–water partition coefficient (Wildman–Crippen LogP) is 4.10. The predicted molar refractivity (Wildman–Crippen MR) is 111 cm³/mol. The van der Waals surface area contributed by atoms with Gasteiger partial charge in [-0.05, 0) is 25.0 Å². The van der Waals surface area contributed by atoms with Crippen molar-refractivity contribution in [1.82, 2.24) is 10.4 Å². The Morgan fingerprint density at radius 3 is 2.34 bits per heavy atom. The van der Waals surface area contributed by atoms with Gasteiger partial charge in [-0.15, -0.1) is 5.06 Å². The molecule has 1 amide bonds. The standard InChI is InChI=1S/C23H27N3O3/c1-17-3-7-19(8-4-17)16-24-22(27)28-26-13-11-23(12-14-26)15-21(25-29-23)20-9-5-18(2)6-10-20/h3-10H,11-16H2,1-2H3,(H,24,27). The monoisotopic (exact) mass is 393 g/mol. The molecule has 2 aliphatic heterocycles. The number of nitrogens with one attached hydrogen (secondary N) is 1. The highest BCUT2D eigenvalue weighted by Crippen LogP contribution is 2.36. The Labute approximate surface area is 171 Å². The summed E-state index contributed by atoms with van der Waals surface area (Å²) in [5, 5.41) is 8.86. The van der Waals surface area contributed by atoms with E-state index in [2.05, 4.69) is 41.7 Å². The summed E-state index contributed by atoms with van der Waals surface area (Å²) in [5.74, 6) is 0. The number of hydroxylamine groups is 2. The molecule has 0 saturated carbocycles. The van der Waals surface area contributed by atoms with Crippen molar-refractivity contribution in [3.05, 3.63) is 70.8 Å². The minimum Gasteiger partial charge on any atom is -0.388 e. The molecular weight excluding hydrogens is 366 g/mol. The number of aryl methyl sites for hydroxylation is 2. The normalized spacial score (nSPS) is 18.2. The van der Waals surface area contributed by atoms with Crippen molar-refractivity contribution in [1.29, 1.82) is 0 Å². The van der Waals surface area contributed by atoms with Gasteiger partial charge >= 0.3 is 6.09 Å². The maximum absolute atomic E-state index is 12.1. The van der Waals surface area contributed by atoms with Crippen molar-refractivity contribution in [3.8, 4) is 0 Å². The van der Waals surface area contributed by atoms with Crippen molar-refractivity contribution >= 4 is 11.8 Å². The van der Waals surface area contributed by atoms with Crippen LogP contribution in [0.15, 0.2) is 53.7 Å². The minimum atomic E-state index is -0.426. The first-order chi connectivity index (χ1) is 14.0. The number of carbonyl (C=O) groups is 1. The summed E-state index contributed by atoms with van der Waals surface area (Å²) in [6.07, 6.45) is 1.92. The van der Waals surface area contributed by atoms with E-state index < -0.39 is 6.09 Å². The maximum Gasteiger partial charge on any atom is 0.426 e. The Hall–Kier alpha value is -2.86. The lowest BCUT2D eigenvalue weighted by Gasteiger charge is -2.35. The highest BCUT2D eigenvalue weighted by molar-refractivity contribution is 6.01. The van der Waals surface area contributed by atoms with Crippen LogP contribution in [0.1, 0.15) is 41.5 Å². The number of nitrogens with zero attached hydrogens (tertiary/aromatic N) is 2. The second-order valence-electron chi connectivity index (χ2n) is 8.00. The summed E-state index contributed by atoms with van der Waals surface area (Å²) in [6, 6.07) is 16.4. The molecule has 1 saturated heterocycles. The van der Waals surface area contributed by atoms with Gasteiger partial charge in [0.25, 0.3) is 0 Å². The lowest BCUT2D eigenvalue weighted by molar-refractivity contribution is -0.157. The molecule has 0 radical (unpaired) electrons. The molecule has 0 unspecified atom stereocenters. The molecule has 2 aromatic rings. The van der Waals surface area contributed by atoms with Crippen molar-refractivity contribution < 1.29 is 14.5 Å². The third kappa shape index (κ3) is 4.77. The van der Waals surface area contributed by atoms with E-state index in [1.54, 1.807) is 5.06 Å². The molecule has 0 bridgehead atoms. The molecule has 6 heteroatoms. The Morgan fingerprint density at radius 1 is 1.07 bits per heavy atom. The van der Waals surface area contributed by atoms with E-state index in [0.29, 0.717) is 19.6 Å². The lowest BCUT2D eigenvalue weighted by atomic mass is 9.86. The van der Waals surface area contributed by atoms with Gasteiger partial charge in [-0.2, -0.15) is 0 Å². The number of hydrogen-bond acceptors (Lipinski definition) is 5. The number of amides is 1. The number of oxime groups is 1. The number of hydrogen-bond donors (Lipinski definition) is 1. The molecule has 1 spiro atoms. The molecule has 152 valence electrons. The molecular formula is C23H27N3O3. The van der Waals surface area contributed by atoms with E-state index >= 15 is 0 Å². The summed E-state index contributed by atoms with van der Waals surface area (Å²) in [5.41, 5.74) is 5.30. The topological polar surface area (TPSA) is 63.2 Å². The van der Waals surface area contributed by atoms with E-state index in [9.17, 15) is 4.79 Å². The van der Waals surface area contributed by atoms with Crippen LogP contribution in [0, 0.1) is 13.8 Å². The molecule has 4 rings (SSSR count). The molecule has 6 nitrogen and oxygen atoms in total. The van der Waals surface area contributed by atoms with Gasteiger partial charge in [0.15, 0.2) is 0 Å². The zero-order valence-electron chi connectivity index (χ0n) is 17.0. The highest BCUT2D eigenvalue weighted by atomic mass is 16.7. The van der Waals surface area contributed by atoms with E-state index in [4.69, 9.17) is 9.68 Å². The molecule has 2 aromatic carbocycles. The van der Waals surface area contributed by atoms with Crippen LogP contribution in [0.25, 0.3) is 0 Å². The van der Waals surface area contributed by atoms with Crippen LogP contribution in [0.2, 0.25) is 0 Å². The molecule has 0 aromatic heterocycles. The fourth-order valence-electron chi connectivity index (χ4n) is 3.71. The molecule has 1 N–H and O–H groups in total. The number of carbonyl (C=O) groups excluding carboxylic acids is 1. The number of benzene rings is 2. The Bertz CT molecular complexity index is 883. The smallest absolute Gasteiger partial charge is 0.388 e. The maximum atomic E-state index is 12.1. The van der Waals surface area contributed by atoms with Crippen molar-refractivity contribution in [3.63, 3.8) is 0 Å². The molecule has 2 aliphatic rings. The van der Waals surface area contributed by atoms with Gasteiger partial charge in [-0.1, -0.05) is 64.8 Å². The van der Waals surface area contributed by atoms with Crippen LogP contribution in [0.3, 0.4) is 0 Å². The van der Waals surface area contributed by atoms with Crippen molar-refractivity contribution in [2.75, 3.05) is 13.1 Å². The van der Waals surface area contributed by atoms with Crippen molar-refractivity contribution in [2.24, 2.45) is 5.16 Å². The van der Waals surface area contributed by atoms with Crippen molar-refractivity contribution in [2.45, 2.75) is 45.3 Å². The van der Waals surface area contributed by atoms with Gasteiger partial charge in [0, 0.05) is 38.9 Å². The molecule has 29 heavy (non-hydrogen) atoms. The van der Waals surface area contributed by atoms with Gasteiger partial charge in [0.05, 0.1) is 5.71 Å². The third-order valence-electron chi connectivity index (χ3n) is 5.63. The van der Waals surface area contributed by atoms with Crippen LogP contribution in [-0.4, -0.2) is 35.6 Å². The lowest BCUT2D eigenvalue weighted by Crippen LogP contribution is -2.46. The quantitative estimate of drug-likeness (QED) is 0.849. The van der Waals surface area contributed by atoms with Gasteiger partial charge in [0.1, 0.15) is 5.60 Å². The Morgan fingerprint density at radius 2 is 1.69 bits per heavy atom. The third-order valence-corrected chi connectivity index (χ3v) is 5.63. The fraction of sp³-hybridized carbons (Fsp3) is 0.391. The van der Waals surface area contributed by atoms with E-state index in [0.717, 1.165) is 36.1 Å². The van der Waals surface area contributed by atoms with E-state index in [-0.39, 0.29) is 5.60 Å². The van der Waals surface area contributed by atoms with Crippen LogP contribution < -0.4 is 5.32 Å². The SMILES string of the molecule is Cc1ccc(CNC(=O)ON2CCC3(CC2)CC(c2ccc(C)cc2)=NO3)cc1. The summed E-state index contributed by atoms with van der Waals surface area (Å²) in [4.78, 5) is 23.4. The average Bonchev–Trinajstić information content (AvgIpc) is 3.14. The summed E-state index contributed by atoms with van der Waals surface area (Å²) < 4.78 is 0. The zero-order valence-corrected chi connectivity index (χ0v) is 17.0. The Kier molecular flexibility index (Phi) is 5.53. The molecule has 0 aliphatic carbocycles. The minimum absolute atomic E-state index is 0.279. The van der Waals surface area contributed by atoms with Crippen LogP contribution >= 0.6 is 0 Å². The fourth-order valence-corrected chi connectivity index (χ4v) is 3.71. The first-order valence-electron chi connectivity index (χ1n) is 10.1. The van der Waals surface area contributed by atoms with Crippen LogP contribution in [0.5, 0.6) is 0 Å². The number of piperidine rings is 1. The largest absolute Gasteiger partial charge is 0.426 e. The van der Waals surface area contributed by atoms with Crippen LogP contribution in [-0.2, 0) is 16.2 Å². The van der Waals surface area contributed by atoms with Gasteiger partial charge in [0.2, 0.25) is 0 Å². The zero-order chi connectivity index (χ0) is 20.3. The first-order valence-corrected chi connectivity index (χ1v) is 10.1. The average molecular weight is 393 g/mol. The number of rotatable bonds is 4. The van der Waals surface area contributed by atoms with Gasteiger partial charge in [-0.3, -0.25) is 0 Å². The molecule has 2 heterocycles. The highest BCUT2D eigenvalue weighted by Gasteiger charge is 2.43. The van der Waals surface area contributed by atoms with Gasteiger partial charge in [-0.25, -0.2) is 4.79 Å². The van der Waals surface area contributed by atoms with Crippen LogP contribution in [0.4, 0.5) is 4.79 Å². The second kappa shape index (κ2) is 8.25.